The fourth-order valence-electron chi connectivity index (χ4n) is 2.67. The van der Waals surface area contributed by atoms with E-state index in [1.165, 1.54) is 25.1 Å². The Kier molecular flexibility index (Phi) is 3.56. The minimum Gasteiger partial charge on any atom is -0.326 e. The molecule has 0 spiro atoms. The second kappa shape index (κ2) is 5.31. The summed E-state index contributed by atoms with van der Waals surface area (Å²) in [5.41, 5.74) is 1.53. The van der Waals surface area contributed by atoms with Gasteiger partial charge in [-0.05, 0) is 42.3 Å². The Morgan fingerprint density at radius 2 is 1.65 bits per heavy atom. The molecule has 1 heterocycles. The van der Waals surface area contributed by atoms with Gasteiger partial charge in [0.15, 0.2) is 5.78 Å². The number of hydrogen-bond acceptors (Lipinski definition) is 4. The highest BCUT2D eigenvalue weighted by molar-refractivity contribution is 7.91. The maximum absolute atomic E-state index is 12.9. The van der Waals surface area contributed by atoms with E-state index in [1.54, 1.807) is 18.2 Å². The number of anilines is 1. The summed E-state index contributed by atoms with van der Waals surface area (Å²) in [4.78, 5) is 23.7. The van der Waals surface area contributed by atoms with E-state index in [9.17, 15) is 18.0 Å². The Bertz CT molecular complexity index is 945. The van der Waals surface area contributed by atoms with Crippen molar-refractivity contribution in [1.29, 1.82) is 0 Å². The summed E-state index contributed by atoms with van der Waals surface area (Å²) in [5.74, 6) is -0.625. The highest BCUT2D eigenvalue weighted by atomic mass is 32.2. The minimum absolute atomic E-state index is 0.0364. The van der Waals surface area contributed by atoms with Crippen molar-refractivity contribution in [2.45, 2.75) is 30.1 Å². The SMILES string of the molecule is CCc1ccc2c(c1)S(=O)(=O)c1cc(NC(C)=O)ccc1C2=O. The van der Waals surface area contributed by atoms with Crippen molar-refractivity contribution in [2.75, 3.05) is 5.32 Å². The molecule has 5 nitrogen and oxygen atoms in total. The molecule has 0 atom stereocenters. The molecule has 2 aromatic rings. The zero-order chi connectivity index (χ0) is 16.8. The maximum atomic E-state index is 12.9. The molecular formula is C17H15NO4S. The van der Waals surface area contributed by atoms with Gasteiger partial charge in [0.2, 0.25) is 15.7 Å². The Balaban J connectivity index is 2.25. The van der Waals surface area contributed by atoms with Crippen LogP contribution in [0.4, 0.5) is 5.69 Å². The Labute approximate surface area is 134 Å². The third-order valence-electron chi connectivity index (χ3n) is 3.82. The summed E-state index contributed by atoms with van der Waals surface area (Å²) in [7, 11) is -3.80. The number of carbonyl (C=O) groups excluding carboxylic acids is 2. The van der Waals surface area contributed by atoms with Gasteiger partial charge < -0.3 is 5.32 Å². The Hall–Kier alpha value is -2.47. The van der Waals surface area contributed by atoms with Crippen molar-refractivity contribution in [3.63, 3.8) is 0 Å². The van der Waals surface area contributed by atoms with Crippen molar-refractivity contribution in [3.05, 3.63) is 53.1 Å². The normalized spacial score (nSPS) is 14.8. The van der Waals surface area contributed by atoms with E-state index < -0.39 is 9.84 Å². The second-order valence-electron chi connectivity index (χ2n) is 5.41. The molecule has 0 aliphatic carbocycles. The largest absolute Gasteiger partial charge is 0.326 e. The van der Waals surface area contributed by atoms with Crippen LogP contribution in [-0.2, 0) is 21.1 Å². The van der Waals surface area contributed by atoms with Gasteiger partial charge in [0.1, 0.15) is 0 Å². The average molecular weight is 329 g/mol. The third-order valence-corrected chi connectivity index (χ3v) is 5.66. The molecule has 0 radical (unpaired) electrons. The van der Waals surface area contributed by atoms with Gasteiger partial charge in [0, 0.05) is 23.7 Å². The van der Waals surface area contributed by atoms with Crippen LogP contribution in [-0.4, -0.2) is 20.1 Å². The summed E-state index contributed by atoms with van der Waals surface area (Å²) in [6.45, 7) is 3.25. The van der Waals surface area contributed by atoms with E-state index in [2.05, 4.69) is 5.32 Å². The standard InChI is InChI=1S/C17H15NO4S/c1-3-11-4-6-13-15(8-11)23(21,22)16-9-12(18-10(2)19)5-7-14(16)17(13)20/h4-9H,3H2,1-2H3,(H,18,19). The first kappa shape index (κ1) is 15.4. The number of hydrogen-bond donors (Lipinski definition) is 1. The van der Waals surface area contributed by atoms with E-state index in [0.29, 0.717) is 12.1 Å². The number of sulfone groups is 1. The lowest BCUT2D eigenvalue weighted by Crippen LogP contribution is -2.21. The molecule has 1 aliphatic heterocycles. The lowest BCUT2D eigenvalue weighted by Gasteiger charge is -2.20. The van der Waals surface area contributed by atoms with Crippen molar-refractivity contribution in [1.82, 2.24) is 0 Å². The number of carbonyl (C=O) groups is 2. The monoisotopic (exact) mass is 329 g/mol. The highest BCUT2D eigenvalue weighted by Gasteiger charge is 2.35. The number of nitrogens with one attached hydrogen (secondary N) is 1. The van der Waals surface area contributed by atoms with Gasteiger partial charge in [-0.3, -0.25) is 9.59 Å². The van der Waals surface area contributed by atoms with Crippen LogP contribution in [0.1, 0.15) is 35.3 Å². The second-order valence-corrected chi connectivity index (χ2v) is 7.30. The molecular weight excluding hydrogens is 314 g/mol. The molecule has 2 aromatic carbocycles. The first-order chi connectivity index (χ1) is 10.8. The molecule has 1 N–H and O–H groups in total. The Morgan fingerprint density at radius 1 is 1.04 bits per heavy atom. The van der Waals surface area contributed by atoms with Crippen LogP contribution in [0.25, 0.3) is 0 Å². The lowest BCUT2D eigenvalue weighted by atomic mass is 10.00. The quantitative estimate of drug-likeness (QED) is 0.783. The van der Waals surface area contributed by atoms with E-state index in [1.807, 2.05) is 6.92 Å². The van der Waals surface area contributed by atoms with E-state index >= 15 is 0 Å². The predicted octanol–water partition coefficient (Wildman–Crippen LogP) is 2.58. The molecule has 1 amide bonds. The molecule has 0 saturated carbocycles. The molecule has 0 bridgehead atoms. The molecule has 0 aromatic heterocycles. The number of rotatable bonds is 2. The van der Waals surface area contributed by atoms with Crippen LogP contribution in [0, 0.1) is 0 Å². The molecule has 0 unspecified atom stereocenters. The van der Waals surface area contributed by atoms with E-state index in [0.717, 1.165) is 5.56 Å². The summed E-state index contributed by atoms with van der Waals surface area (Å²) in [5, 5.41) is 2.54. The zero-order valence-electron chi connectivity index (χ0n) is 12.7. The van der Waals surface area contributed by atoms with Crippen molar-refractivity contribution in [2.24, 2.45) is 0 Å². The van der Waals surface area contributed by atoms with Gasteiger partial charge in [0.25, 0.3) is 0 Å². The van der Waals surface area contributed by atoms with Gasteiger partial charge in [-0.15, -0.1) is 0 Å². The van der Waals surface area contributed by atoms with Crippen molar-refractivity contribution >= 4 is 27.2 Å². The maximum Gasteiger partial charge on any atom is 0.221 e. The molecule has 0 fully saturated rings. The van der Waals surface area contributed by atoms with Crippen molar-refractivity contribution in [3.8, 4) is 0 Å². The summed E-state index contributed by atoms with van der Waals surface area (Å²) < 4.78 is 25.8. The topological polar surface area (TPSA) is 80.3 Å². The first-order valence-corrected chi connectivity index (χ1v) is 8.67. The molecule has 6 heteroatoms. The van der Waals surface area contributed by atoms with Crippen molar-refractivity contribution < 1.29 is 18.0 Å². The fraction of sp³-hybridized carbons (Fsp3) is 0.176. The number of amides is 1. The Morgan fingerprint density at radius 3 is 2.26 bits per heavy atom. The summed E-state index contributed by atoms with van der Waals surface area (Å²) in [6.07, 6.45) is 0.676. The van der Waals surface area contributed by atoms with Gasteiger partial charge >= 0.3 is 0 Å². The molecule has 0 saturated heterocycles. The lowest BCUT2D eigenvalue weighted by molar-refractivity contribution is -0.114. The third kappa shape index (κ3) is 2.45. The number of benzene rings is 2. The highest BCUT2D eigenvalue weighted by Crippen LogP contribution is 2.36. The minimum atomic E-state index is -3.80. The smallest absolute Gasteiger partial charge is 0.221 e. The van der Waals surface area contributed by atoms with Crippen LogP contribution in [0.15, 0.2) is 46.2 Å². The van der Waals surface area contributed by atoms with Gasteiger partial charge in [-0.2, -0.15) is 0 Å². The number of ketones is 1. The zero-order valence-corrected chi connectivity index (χ0v) is 13.5. The van der Waals surface area contributed by atoms with Crippen LogP contribution in [0.3, 0.4) is 0 Å². The van der Waals surface area contributed by atoms with Crippen LogP contribution in [0.2, 0.25) is 0 Å². The summed E-state index contributed by atoms with van der Waals surface area (Å²) >= 11 is 0. The van der Waals surface area contributed by atoms with Crippen LogP contribution < -0.4 is 5.32 Å². The molecule has 3 rings (SSSR count). The van der Waals surface area contributed by atoms with E-state index in [4.69, 9.17) is 0 Å². The predicted molar refractivity (Wildman–Crippen MR) is 85.5 cm³/mol. The number of aryl methyl sites for hydroxylation is 1. The van der Waals surface area contributed by atoms with Gasteiger partial charge in [-0.1, -0.05) is 13.0 Å². The first-order valence-electron chi connectivity index (χ1n) is 7.19. The molecule has 1 aliphatic rings. The fourth-order valence-corrected chi connectivity index (χ4v) is 4.40. The summed E-state index contributed by atoms with van der Waals surface area (Å²) in [6, 6.07) is 9.19. The number of fused-ring (bicyclic) bond motifs is 2. The van der Waals surface area contributed by atoms with E-state index in [-0.39, 0.29) is 32.6 Å². The van der Waals surface area contributed by atoms with Gasteiger partial charge in [0.05, 0.1) is 9.79 Å². The average Bonchev–Trinajstić information content (AvgIpc) is 2.52. The van der Waals surface area contributed by atoms with Gasteiger partial charge in [-0.25, -0.2) is 8.42 Å². The molecule has 118 valence electrons. The van der Waals surface area contributed by atoms with Crippen LogP contribution >= 0.6 is 0 Å². The molecule has 23 heavy (non-hydrogen) atoms. The van der Waals surface area contributed by atoms with Crippen LogP contribution in [0.5, 0.6) is 0 Å².